The number of hydrogen-bond donors (Lipinski definition) is 1. The number of nitrogens with two attached hydrogens (primary N) is 1. The van der Waals surface area contributed by atoms with E-state index in [0.717, 1.165) is 49.4 Å². The third kappa shape index (κ3) is 4.18. The van der Waals surface area contributed by atoms with Crippen molar-refractivity contribution in [2.75, 3.05) is 30.3 Å². The van der Waals surface area contributed by atoms with Gasteiger partial charge >= 0.3 is 0 Å². The highest BCUT2D eigenvalue weighted by Gasteiger charge is 2.29. The minimum absolute atomic E-state index is 0.250. The molecule has 2 aliphatic heterocycles. The van der Waals surface area contributed by atoms with Crippen LogP contribution in [0.3, 0.4) is 0 Å². The van der Waals surface area contributed by atoms with Gasteiger partial charge < -0.3 is 10.6 Å². The van der Waals surface area contributed by atoms with Gasteiger partial charge in [0.15, 0.2) is 0 Å². The largest absolute Gasteiger partial charge is 0.397 e. The summed E-state index contributed by atoms with van der Waals surface area (Å²) in [5.74, 6) is 0.396. The highest BCUT2D eigenvalue weighted by Crippen LogP contribution is 2.39. The number of nitrogens with zero attached hydrogens (tertiary/aromatic N) is 2. The molecule has 4 rings (SSSR count). The summed E-state index contributed by atoms with van der Waals surface area (Å²) in [5.41, 5.74) is 12.6. The number of anilines is 2. The molecule has 1 atom stereocenters. The lowest BCUT2D eigenvalue weighted by Gasteiger charge is -2.41. The first-order chi connectivity index (χ1) is 13.9. The summed E-state index contributed by atoms with van der Waals surface area (Å²) >= 11 is 0. The minimum atomic E-state index is -0.250. The Bertz CT molecular complexity index is 899. The van der Waals surface area contributed by atoms with Crippen molar-refractivity contribution in [1.29, 1.82) is 0 Å². The van der Waals surface area contributed by atoms with Crippen LogP contribution in [0.15, 0.2) is 48.7 Å². The van der Waals surface area contributed by atoms with E-state index in [-0.39, 0.29) is 5.82 Å². The fourth-order valence-corrected chi connectivity index (χ4v) is 5.03. The van der Waals surface area contributed by atoms with Crippen molar-refractivity contribution in [3.8, 4) is 0 Å². The van der Waals surface area contributed by atoms with Gasteiger partial charge in [-0.05, 0) is 81.8 Å². The molecule has 0 bridgehead atoms. The Morgan fingerprint density at radius 2 is 1.93 bits per heavy atom. The van der Waals surface area contributed by atoms with Crippen molar-refractivity contribution in [2.24, 2.45) is 0 Å². The van der Waals surface area contributed by atoms with Gasteiger partial charge in [0.2, 0.25) is 0 Å². The van der Waals surface area contributed by atoms with Gasteiger partial charge in [-0.25, -0.2) is 4.39 Å². The maximum Gasteiger partial charge on any atom is 0.125 e. The maximum absolute atomic E-state index is 13.8. The summed E-state index contributed by atoms with van der Waals surface area (Å²) in [6, 6.07) is 12.3. The van der Waals surface area contributed by atoms with E-state index >= 15 is 0 Å². The van der Waals surface area contributed by atoms with Crippen molar-refractivity contribution in [2.45, 2.75) is 51.5 Å². The molecule has 2 aromatic carbocycles. The van der Waals surface area contributed by atoms with Gasteiger partial charge in [-0.1, -0.05) is 36.4 Å². The Morgan fingerprint density at radius 3 is 2.66 bits per heavy atom. The zero-order valence-corrected chi connectivity index (χ0v) is 17.6. The van der Waals surface area contributed by atoms with Crippen LogP contribution in [0.4, 0.5) is 15.8 Å². The maximum atomic E-state index is 13.8. The highest BCUT2D eigenvalue weighted by atomic mass is 19.1. The Labute approximate surface area is 174 Å². The summed E-state index contributed by atoms with van der Waals surface area (Å²) in [6.07, 6.45) is 4.21. The molecular weight excluding hydrogens is 361 g/mol. The second-order valence-corrected chi connectivity index (χ2v) is 8.79. The van der Waals surface area contributed by atoms with Crippen LogP contribution < -0.4 is 10.6 Å². The van der Waals surface area contributed by atoms with E-state index in [1.807, 2.05) is 0 Å². The molecule has 2 aliphatic rings. The monoisotopic (exact) mass is 393 g/mol. The van der Waals surface area contributed by atoms with Crippen LogP contribution in [0.1, 0.15) is 48.8 Å². The first kappa shape index (κ1) is 20.0. The molecule has 0 radical (unpaired) electrons. The number of benzene rings is 2. The van der Waals surface area contributed by atoms with Gasteiger partial charge in [0.25, 0.3) is 0 Å². The number of likely N-dealkylation sites (tertiary alicyclic amines) is 1. The summed E-state index contributed by atoms with van der Waals surface area (Å²) < 4.78 is 13.8. The Morgan fingerprint density at radius 1 is 1.17 bits per heavy atom. The lowest BCUT2D eigenvalue weighted by molar-refractivity contribution is 0.226. The zero-order valence-electron chi connectivity index (χ0n) is 17.6. The molecule has 0 spiro atoms. The summed E-state index contributed by atoms with van der Waals surface area (Å²) in [4.78, 5) is 4.75. The van der Waals surface area contributed by atoms with E-state index in [4.69, 9.17) is 5.73 Å². The van der Waals surface area contributed by atoms with Crippen LogP contribution in [0.25, 0.3) is 0 Å². The number of fused-ring (bicyclic) bond motifs is 1. The molecule has 1 saturated heterocycles. The average Bonchev–Trinajstić information content (AvgIpc) is 2.69. The summed E-state index contributed by atoms with van der Waals surface area (Å²) in [6.45, 7) is 11.8. The van der Waals surface area contributed by atoms with Gasteiger partial charge in [-0.3, -0.25) is 4.90 Å². The highest BCUT2D eigenvalue weighted by molar-refractivity contribution is 5.75. The van der Waals surface area contributed by atoms with E-state index in [1.54, 1.807) is 6.07 Å². The van der Waals surface area contributed by atoms with Crippen molar-refractivity contribution in [3.05, 3.63) is 71.2 Å². The number of aryl methyl sites for hydroxylation is 2. The number of piperidine rings is 1. The van der Waals surface area contributed by atoms with Gasteiger partial charge in [0, 0.05) is 18.3 Å². The minimum Gasteiger partial charge on any atom is -0.397 e. The van der Waals surface area contributed by atoms with Gasteiger partial charge in [0.05, 0.1) is 11.4 Å². The first-order valence-corrected chi connectivity index (χ1v) is 10.8. The molecule has 2 aromatic rings. The SMILES string of the molecule is C=C(CN1CCC(c2cccc(C)c2)CC1)N1c2c(N)cc(F)cc2CCC1C. The van der Waals surface area contributed by atoms with Crippen LogP contribution >= 0.6 is 0 Å². The predicted molar refractivity (Wildman–Crippen MR) is 120 cm³/mol. The van der Waals surface area contributed by atoms with Crippen molar-refractivity contribution in [3.63, 3.8) is 0 Å². The summed E-state index contributed by atoms with van der Waals surface area (Å²) in [5, 5.41) is 0. The molecule has 4 heteroatoms. The molecule has 0 aromatic heterocycles. The third-order valence-electron chi connectivity index (χ3n) is 6.54. The van der Waals surface area contributed by atoms with E-state index < -0.39 is 0 Å². The van der Waals surface area contributed by atoms with Gasteiger partial charge in [0.1, 0.15) is 5.82 Å². The third-order valence-corrected chi connectivity index (χ3v) is 6.54. The average molecular weight is 394 g/mol. The molecule has 1 unspecified atom stereocenters. The van der Waals surface area contributed by atoms with Crippen LogP contribution in [-0.4, -0.2) is 30.6 Å². The molecule has 0 amide bonds. The number of nitrogen functional groups attached to an aromatic ring is 1. The number of rotatable bonds is 4. The zero-order chi connectivity index (χ0) is 20.5. The number of hydrogen-bond acceptors (Lipinski definition) is 3. The molecule has 0 aliphatic carbocycles. The topological polar surface area (TPSA) is 32.5 Å². The molecule has 3 nitrogen and oxygen atoms in total. The van der Waals surface area contributed by atoms with E-state index in [0.29, 0.717) is 17.6 Å². The van der Waals surface area contributed by atoms with Crippen LogP contribution in [0, 0.1) is 12.7 Å². The molecular formula is C25H32FN3. The molecule has 0 saturated carbocycles. The second-order valence-electron chi connectivity index (χ2n) is 8.79. The summed E-state index contributed by atoms with van der Waals surface area (Å²) in [7, 11) is 0. The Hall–Kier alpha value is -2.33. The quantitative estimate of drug-likeness (QED) is 0.720. The second kappa shape index (κ2) is 8.19. The molecule has 1 fully saturated rings. The lowest BCUT2D eigenvalue weighted by atomic mass is 9.88. The van der Waals surface area contributed by atoms with Crippen LogP contribution in [-0.2, 0) is 6.42 Å². The van der Waals surface area contributed by atoms with E-state index in [2.05, 4.69) is 54.5 Å². The molecule has 154 valence electrons. The van der Waals surface area contributed by atoms with E-state index in [1.165, 1.54) is 30.0 Å². The van der Waals surface area contributed by atoms with Crippen LogP contribution in [0.2, 0.25) is 0 Å². The van der Waals surface area contributed by atoms with E-state index in [9.17, 15) is 4.39 Å². The van der Waals surface area contributed by atoms with Crippen molar-refractivity contribution < 1.29 is 4.39 Å². The first-order valence-electron chi connectivity index (χ1n) is 10.8. The predicted octanol–water partition coefficient (Wildman–Crippen LogP) is 5.25. The normalized spacial score (nSPS) is 20.5. The number of halogens is 1. The Balaban J connectivity index is 1.43. The molecule has 29 heavy (non-hydrogen) atoms. The molecule has 2 N–H and O–H groups in total. The standard InChI is InChI=1S/C25H32FN3/c1-17-5-4-6-21(13-17)20-9-11-28(12-10-20)16-19(3)29-18(2)7-8-22-14-23(26)15-24(27)25(22)29/h4-6,13-15,18,20H,3,7-12,16,27H2,1-2H3. The van der Waals surface area contributed by atoms with Gasteiger partial charge in [-0.15, -0.1) is 0 Å². The Kier molecular flexibility index (Phi) is 5.64. The molecule has 2 heterocycles. The van der Waals surface area contributed by atoms with Gasteiger partial charge in [-0.2, -0.15) is 0 Å². The smallest absolute Gasteiger partial charge is 0.125 e. The van der Waals surface area contributed by atoms with Crippen molar-refractivity contribution in [1.82, 2.24) is 4.90 Å². The fraction of sp³-hybridized carbons (Fsp3) is 0.440. The lowest BCUT2D eigenvalue weighted by Crippen LogP contribution is -2.42. The van der Waals surface area contributed by atoms with Crippen molar-refractivity contribution >= 4 is 11.4 Å². The fourth-order valence-electron chi connectivity index (χ4n) is 5.03. The van der Waals surface area contributed by atoms with Crippen LogP contribution in [0.5, 0.6) is 0 Å².